The summed E-state index contributed by atoms with van der Waals surface area (Å²) in [6, 6.07) is 0. The van der Waals surface area contributed by atoms with Crippen molar-refractivity contribution in [2.24, 2.45) is 10.9 Å². The summed E-state index contributed by atoms with van der Waals surface area (Å²) in [6.45, 7) is 8.04. The molecule has 156 valence electrons. The first kappa shape index (κ1) is 25.1. The van der Waals surface area contributed by atoms with Gasteiger partial charge in [0, 0.05) is 18.4 Å². The first-order valence-electron chi connectivity index (χ1n) is 9.45. The Morgan fingerprint density at radius 2 is 1.69 bits per heavy atom. The highest BCUT2D eigenvalue weighted by molar-refractivity contribution is 8.00. The Bertz CT molecular complexity index is 516. The molecule has 3 atom stereocenters. The van der Waals surface area contributed by atoms with Gasteiger partial charge in [-0.15, -0.1) is 0 Å². The molecule has 0 amide bonds. The molecule has 1 rings (SSSR count). The molecule has 0 aromatic rings. The van der Waals surface area contributed by atoms with Crippen LogP contribution in [0.25, 0.3) is 0 Å². The molecule has 9 heteroatoms. The van der Waals surface area contributed by atoms with E-state index in [2.05, 4.69) is 18.9 Å². The van der Waals surface area contributed by atoms with E-state index in [-0.39, 0.29) is 11.0 Å². The van der Waals surface area contributed by atoms with Gasteiger partial charge in [-0.05, 0) is 67.5 Å². The number of rotatable bonds is 14. The van der Waals surface area contributed by atoms with Crippen LogP contribution in [0.15, 0.2) is 0 Å². The van der Waals surface area contributed by atoms with Crippen LogP contribution in [-0.2, 0) is 9.13 Å². The lowest BCUT2D eigenvalue weighted by Crippen LogP contribution is -2.54. The van der Waals surface area contributed by atoms with Gasteiger partial charge in [0.25, 0.3) is 7.52 Å². The van der Waals surface area contributed by atoms with Crippen LogP contribution >= 0.6 is 38.3 Å². The Morgan fingerprint density at radius 1 is 1.19 bits per heavy atom. The van der Waals surface area contributed by atoms with E-state index in [9.17, 15) is 14.0 Å². The molecule has 4 N–H and O–H groups in total. The topological polar surface area (TPSA) is 92.4 Å². The maximum absolute atomic E-state index is 11.8. The van der Waals surface area contributed by atoms with Gasteiger partial charge < -0.3 is 9.46 Å². The SMILES string of the molecule is CC(C)(CCCSCCCSCCCC1(C)CP(=O)(O)N1)CP(C)(N)=O. The molecule has 0 saturated carbocycles. The molecule has 1 aliphatic heterocycles. The third-order valence-electron chi connectivity index (χ3n) is 4.49. The van der Waals surface area contributed by atoms with Crippen molar-refractivity contribution in [1.29, 1.82) is 0 Å². The molecule has 0 radical (unpaired) electrons. The zero-order chi connectivity index (χ0) is 19.9. The summed E-state index contributed by atoms with van der Waals surface area (Å²) < 4.78 is 23.1. The van der Waals surface area contributed by atoms with Crippen molar-refractivity contribution in [3.8, 4) is 0 Å². The van der Waals surface area contributed by atoms with Crippen molar-refractivity contribution in [3.05, 3.63) is 0 Å². The van der Waals surface area contributed by atoms with Gasteiger partial charge in [0.2, 0.25) is 0 Å². The lowest BCUT2D eigenvalue weighted by Gasteiger charge is -2.43. The van der Waals surface area contributed by atoms with Gasteiger partial charge in [-0.1, -0.05) is 13.8 Å². The normalized spacial score (nSPS) is 28.5. The summed E-state index contributed by atoms with van der Waals surface area (Å²) in [6.07, 6.45) is 6.59. The molecule has 0 bridgehead atoms. The Hall–Kier alpha value is 1.04. The van der Waals surface area contributed by atoms with Gasteiger partial charge in [-0.3, -0.25) is 10.1 Å². The monoisotopic (exact) mass is 444 g/mol. The van der Waals surface area contributed by atoms with Crippen LogP contribution in [0.2, 0.25) is 0 Å². The Kier molecular flexibility index (Phi) is 10.3. The lowest BCUT2D eigenvalue weighted by atomic mass is 9.91. The van der Waals surface area contributed by atoms with Crippen molar-refractivity contribution in [2.75, 3.05) is 42.0 Å². The lowest BCUT2D eigenvalue weighted by molar-refractivity contribution is 0.319. The van der Waals surface area contributed by atoms with Crippen molar-refractivity contribution < 1.29 is 14.0 Å². The minimum atomic E-state index is -2.97. The van der Waals surface area contributed by atoms with Gasteiger partial charge in [-0.25, -0.2) is 5.09 Å². The van der Waals surface area contributed by atoms with Gasteiger partial charge in [0.05, 0.1) is 6.16 Å². The molecule has 0 aliphatic carbocycles. The maximum atomic E-state index is 11.8. The van der Waals surface area contributed by atoms with Crippen molar-refractivity contribution >= 4 is 38.3 Å². The van der Waals surface area contributed by atoms with Crippen molar-refractivity contribution in [2.45, 2.75) is 58.4 Å². The molecule has 0 spiro atoms. The molecular formula is C17H38N2O3P2S2. The van der Waals surface area contributed by atoms with Gasteiger partial charge in [0.15, 0.2) is 0 Å². The molecule has 0 aromatic carbocycles. The van der Waals surface area contributed by atoms with E-state index >= 15 is 0 Å². The first-order chi connectivity index (χ1) is 11.8. The average molecular weight is 445 g/mol. The van der Waals surface area contributed by atoms with E-state index in [0.717, 1.165) is 37.2 Å². The van der Waals surface area contributed by atoms with Crippen LogP contribution in [-0.4, -0.2) is 52.4 Å². The van der Waals surface area contributed by atoms with Crippen LogP contribution in [0.4, 0.5) is 0 Å². The quantitative estimate of drug-likeness (QED) is 0.261. The van der Waals surface area contributed by atoms with Crippen LogP contribution in [0.3, 0.4) is 0 Å². The second-order valence-electron chi connectivity index (χ2n) is 8.81. The molecule has 1 heterocycles. The Labute approximate surface area is 168 Å². The number of nitrogens with two attached hydrogens (primary N) is 1. The molecule has 5 nitrogen and oxygen atoms in total. The summed E-state index contributed by atoms with van der Waals surface area (Å²) in [4.78, 5) is 9.32. The molecule has 1 saturated heterocycles. The van der Waals surface area contributed by atoms with E-state index in [1.165, 1.54) is 17.9 Å². The van der Waals surface area contributed by atoms with Gasteiger partial charge in [-0.2, -0.15) is 23.5 Å². The third kappa shape index (κ3) is 11.8. The Morgan fingerprint density at radius 3 is 2.19 bits per heavy atom. The number of hydrogen-bond acceptors (Lipinski definition) is 4. The van der Waals surface area contributed by atoms with E-state index in [1.54, 1.807) is 6.66 Å². The average Bonchev–Trinajstić information content (AvgIpc) is 2.39. The zero-order valence-corrected chi connectivity index (χ0v) is 20.3. The largest absolute Gasteiger partial charge is 0.333 e. The van der Waals surface area contributed by atoms with E-state index in [4.69, 9.17) is 5.50 Å². The highest BCUT2D eigenvalue weighted by atomic mass is 32.2. The smallest absolute Gasteiger partial charge is 0.269 e. The second kappa shape index (κ2) is 10.7. The minimum absolute atomic E-state index is 0.0745. The van der Waals surface area contributed by atoms with Crippen LogP contribution < -0.4 is 10.6 Å². The molecular weight excluding hydrogens is 406 g/mol. The minimum Gasteiger partial charge on any atom is -0.333 e. The highest BCUT2D eigenvalue weighted by Gasteiger charge is 2.46. The standard InChI is InChI=1S/C17H38N2O3P2S2/c1-16(2,14-23(4,18)20)8-5-10-25-12-7-13-26-11-6-9-17(3)15-24(21,22)19-17/h5-15H2,1-4H3,(H2,18,20)(H2,19,21,22). The van der Waals surface area contributed by atoms with E-state index in [0.29, 0.717) is 12.3 Å². The fraction of sp³-hybridized carbons (Fsp3) is 1.00. The predicted octanol–water partition coefficient (Wildman–Crippen LogP) is 4.84. The van der Waals surface area contributed by atoms with Crippen LogP contribution in [0.1, 0.15) is 52.9 Å². The summed E-state index contributed by atoms with van der Waals surface area (Å²) in [5.41, 5.74) is 5.66. The fourth-order valence-corrected chi connectivity index (χ4v) is 9.50. The van der Waals surface area contributed by atoms with E-state index < -0.39 is 14.8 Å². The second-order valence-corrected chi connectivity index (χ2v) is 15.9. The predicted molar refractivity (Wildman–Crippen MR) is 120 cm³/mol. The summed E-state index contributed by atoms with van der Waals surface area (Å²) >= 11 is 4.00. The van der Waals surface area contributed by atoms with E-state index in [1.807, 2.05) is 30.4 Å². The highest BCUT2D eigenvalue weighted by Crippen LogP contribution is 2.52. The molecule has 0 aromatic heterocycles. The zero-order valence-electron chi connectivity index (χ0n) is 16.8. The summed E-state index contributed by atoms with van der Waals surface area (Å²) in [7, 11) is -5.39. The van der Waals surface area contributed by atoms with Gasteiger partial charge >= 0.3 is 0 Å². The number of thioether (sulfide) groups is 2. The van der Waals surface area contributed by atoms with Crippen LogP contribution in [0, 0.1) is 5.41 Å². The van der Waals surface area contributed by atoms with Crippen molar-refractivity contribution in [1.82, 2.24) is 5.09 Å². The maximum Gasteiger partial charge on any atom is 0.269 e. The number of hydrogen-bond donors (Lipinski definition) is 3. The fourth-order valence-electron chi connectivity index (χ4n) is 3.63. The first-order valence-corrected chi connectivity index (χ1v) is 16.0. The molecule has 1 aliphatic rings. The Balaban J connectivity index is 1.89. The van der Waals surface area contributed by atoms with Crippen LogP contribution in [0.5, 0.6) is 0 Å². The van der Waals surface area contributed by atoms with Gasteiger partial charge in [0.1, 0.15) is 7.29 Å². The summed E-state index contributed by atoms with van der Waals surface area (Å²) in [5, 5.41) is 2.83. The molecule has 26 heavy (non-hydrogen) atoms. The third-order valence-corrected chi connectivity index (χ3v) is 10.3. The number of nitrogens with one attached hydrogen (secondary N) is 1. The molecule has 1 fully saturated rings. The molecule has 3 unspecified atom stereocenters. The van der Waals surface area contributed by atoms with Crippen molar-refractivity contribution in [3.63, 3.8) is 0 Å². The summed E-state index contributed by atoms with van der Waals surface area (Å²) in [5.74, 6) is 4.68.